The Balaban J connectivity index is -0.000000485. The molecule has 0 radical (unpaired) electrons. The van der Waals surface area contributed by atoms with Crippen molar-refractivity contribution >= 4 is 30.4 Å². The van der Waals surface area contributed by atoms with Gasteiger partial charge in [0.25, 0.3) is 20.2 Å². The van der Waals surface area contributed by atoms with Crippen molar-refractivity contribution in [3.05, 3.63) is 0 Å². The first-order valence-corrected chi connectivity index (χ1v) is 21.8. The van der Waals surface area contributed by atoms with Gasteiger partial charge in [-0.15, -0.1) is 0 Å². The van der Waals surface area contributed by atoms with Gasteiger partial charge in [-0.05, 0) is 25.9 Å². The molecule has 0 rings (SSSR count). The summed E-state index contributed by atoms with van der Waals surface area (Å²) in [6.07, 6.45) is 26.4. The van der Waals surface area contributed by atoms with E-state index < -0.39 is 42.7 Å². The summed E-state index contributed by atoms with van der Waals surface area (Å²) in [5.74, 6) is -1.18. The summed E-state index contributed by atoms with van der Waals surface area (Å²) < 4.78 is 87.3. The van der Waals surface area contributed by atoms with E-state index in [1.807, 2.05) is 0 Å². The van der Waals surface area contributed by atoms with Crippen LogP contribution in [0, 0.1) is 0 Å². The Labute approximate surface area is 305 Å². The molecule has 46 heavy (non-hydrogen) atoms. The zero-order valence-electron chi connectivity index (χ0n) is 29.2. The summed E-state index contributed by atoms with van der Waals surface area (Å²) in [6.45, 7) is 6.29. The maximum Gasteiger partial charge on any atom is 1.00 e. The molecule has 0 aromatic heterocycles. The number of nitrogens with zero attached hydrogens (tertiary/aromatic N) is 1. The second-order valence-electron chi connectivity index (χ2n) is 11.6. The third kappa shape index (κ3) is 56.9. The molecule has 0 aromatic rings. The Hall–Kier alpha value is 0.610. The molecular weight excluding hydrogens is 668 g/mol. The van der Waals surface area contributed by atoms with Gasteiger partial charge in [-0.25, -0.2) is 8.42 Å². The Morgan fingerprint density at radius 2 is 0.826 bits per heavy atom. The van der Waals surface area contributed by atoms with Crippen molar-refractivity contribution < 1.29 is 73.6 Å². The van der Waals surface area contributed by atoms with Gasteiger partial charge < -0.3 is 20.3 Å². The zero-order valence-corrected chi connectivity index (χ0v) is 33.7. The maximum absolute atomic E-state index is 11.1. The van der Waals surface area contributed by atoms with Crippen LogP contribution in [0.4, 0.5) is 0 Å². The summed E-state index contributed by atoms with van der Waals surface area (Å²) >= 11 is 0. The number of hydrogen-bond donors (Lipinski definition) is 4. The molecule has 0 unspecified atom stereocenters. The molecule has 0 heterocycles. The van der Waals surface area contributed by atoms with Crippen LogP contribution in [0.25, 0.3) is 0 Å². The van der Waals surface area contributed by atoms with Crippen molar-refractivity contribution in [3.63, 3.8) is 0 Å². The largest absolute Gasteiger partial charge is 1.00 e. The zero-order chi connectivity index (χ0) is 34.9. The van der Waals surface area contributed by atoms with Gasteiger partial charge in [-0.3, -0.25) is 9.11 Å². The van der Waals surface area contributed by atoms with E-state index in [1.54, 1.807) is 0 Å². The molecule has 0 fully saturated rings. The van der Waals surface area contributed by atoms with Crippen LogP contribution in [-0.4, -0.2) is 99.0 Å². The third-order valence-corrected chi connectivity index (χ3v) is 9.17. The minimum Gasteiger partial charge on any atom is -0.748 e. The van der Waals surface area contributed by atoms with E-state index in [0.717, 1.165) is 25.9 Å². The van der Waals surface area contributed by atoms with Crippen molar-refractivity contribution in [1.29, 1.82) is 0 Å². The quantitative estimate of drug-likeness (QED) is 0.0495. The minimum atomic E-state index is -4.17. The normalized spacial score (nSPS) is 11.7. The summed E-state index contributed by atoms with van der Waals surface area (Å²) in [5, 5.41) is 7.82. The van der Waals surface area contributed by atoms with Gasteiger partial charge in [-0.1, -0.05) is 129 Å². The van der Waals surface area contributed by atoms with E-state index in [0.29, 0.717) is 6.54 Å². The van der Waals surface area contributed by atoms with E-state index in [-0.39, 0.29) is 47.6 Å². The molecule has 276 valence electrons. The fraction of sp³-hybridized carbons (Fsp3) is 1.00. The van der Waals surface area contributed by atoms with E-state index in [9.17, 15) is 29.8 Å². The summed E-state index contributed by atoms with van der Waals surface area (Å²) in [7, 11) is -11.8. The summed E-state index contributed by atoms with van der Waals surface area (Å²) in [6, 6.07) is 0. The van der Waals surface area contributed by atoms with Gasteiger partial charge in [0, 0.05) is 13.1 Å². The van der Waals surface area contributed by atoms with Crippen LogP contribution in [0.3, 0.4) is 0 Å². The van der Waals surface area contributed by atoms with Gasteiger partial charge >= 0.3 is 29.6 Å². The molecule has 16 heteroatoms. The summed E-state index contributed by atoms with van der Waals surface area (Å²) in [4.78, 5) is 2.25. The Kier molecular flexibility index (Phi) is 42.8. The predicted octanol–water partition coefficient (Wildman–Crippen LogP) is 2.38. The van der Waals surface area contributed by atoms with Crippen molar-refractivity contribution in [2.75, 3.05) is 50.0 Å². The number of aliphatic hydroxyl groups is 1. The van der Waals surface area contributed by atoms with E-state index in [1.165, 1.54) is 116 Å². The molecule has 0 aromatic carbocycles. The summed E-state index contributed by atoms with van der Waals surface area (Å²) in [5.41, 5.74) is 4.78. The first kappa shape index (κ1) is 53.4. The van der Waals surface area contributed by atoms with Crippen molar-refractivity contribution in [3.8, 4) is 0 Å². The standard InChI is InChI=1S/C26H55NO3S.C2H7NO3S.C2H6O4S.Na/c1-3-5-7-9-11-13-15-17-19-21-23-27(25-26-31(28,29)30)24-22-20-18-16-14-12-10-8-6-4-2;2*3-1-2-7(4,5)6;/h3-26H2,1-2H3,(H,28,29,30);1-3H2,(H,4,5,6);3H,1-2H2,(H,4,5,6);/q;;;+1/p-1. The molecule has 0 saturated heterocycles. The molecule has 0 aliphatic heterocycles. The van der Waals surface area contributed by atoms with Crippen LogP contribution in [0.15, 0.2) is 0 Å². The van der Waals surface area contributed by atoms with Gasteiger partial charge in [0.2, 0.25) is 0 Å². The van der Waals surface area contributed by atoms with Crippen LogP contribution >= 0.6 is 0 Å². The monoisotopic (exact) mass is 734 g/mol. The average molecular weight is 735 g/mol. The van der Waals surface area contributed by atoms with Crippen LogP contribution in [0.2, 0.25) is 0 Å². The molecule has 0 aliphatic carbocycles. The van der Waals surface area contributed by atoms with Crippen molar-refractivity contribution in [2.24, 2.45) is 5.73 Å². The molecule has 0 aliphatic rings. The van der Waals surface area contributed by atoms with Gasteiger partial charge in [-0.2, -0.15) is 16.8 Å². The Bertz CT molecular complexity index is 881. The van der Waals surface area contributed by atoms with Crippen LogP contribution < -0.4 is 35.3 Å². The van der Waals surface area contributed by atoms with Gasteiger partial charge in [0.15, 0.2) is 0 Å². The number of hydrogen-bond acceptors (Lipinski definition) is 10. The van der Waals surface area contributed by atoms with Crippen molar-refractivity contribution in [1.82, 2.24) is 4.90 Å². The molecule has 0 atom stereocenters. The average Bonchev–Trinajstić information content (AvgIpc) is 2.92. The predicted molar refractivity (Wildman–Crippen MR) is 184 cm³/mol. The fourth-order valence-electron chi connectivity index (χ4n) is 4.49. The molecule has 5 N–H and O–H groups in total. The second kappa shape index (κ2) is 36.9. The smallest absolute Gasteiger partial charge is 0.748 e. The number of nitrogens with two attached hydrogens (primary N) is 1. The molecule has 12 nitrogen and oxygen atoms in total. The van der Waals surface area contributed by atoms with Crippen LogP contribution in [0.5, 0.6) is 0 Å². The number of aliphatic hydroxyl groups excluding tert-OH is 1. The second-order valence-corrected chi connectivity index (χ2v) is 16.2. The topological polar surface area (TPSA) is 215 Å². The van der Waals surface area contributed by atoms with Crippen LogP contribution in [-0.2, 0) is 30.4 Å². The van der Waals surface area contributed by atoms with E-state index in [2.05, 4.69) is 18.7 Å². The first-order valence-electron chi connectivity index (χ1n) is 17.0. The number of unbranched alkanes of at least 4 members (excludes halogenated alkanes) is 18. The Morgan fingerprint density at radius 1 is 0.522 bits per heavy atom. The Morgan fingerprint density at radius 3 is 1.02 bits per heavy atom. The minimum absolute atomic E-state index is 0. The SMILES string of the molecule is CCCCCCCCCCCCN(CCCCCCCCCCCC)CCS(=O)(=O)O.NCCS(=O)(=O)O.O=S(=O)([O-])CCO.[Na+]. The van der Waals surface area contributed by atoms with Crippen LogP contribution in [0.1, 0.15) is 142 Å². The molecule has 0 saturated carbocycles. The van der Waals surface area contributed by atoms with Gasteiger partial charge in [0.1, 0.15) is 0 Å². The maximum atomic E-state index is 11.1. The molecule has 0 bridgehead atoms. The third-order valence-electron chi connectivity index (χ3n) is 7.04. The molecular formula is C30H67N2NaO10S3. The molecule has 0 spiro atoms. The van der Waals surface area contributed by atoms with Gasteiger partial charge in [0.05, 0.1) is 34.0 Å². The van der Waals surface area contributed by atoms with Crippen molar-refractivity contribution in [2.45, 2.75) is 142 Å². The first-order chi connectivity index (χ1) is 21.1. The number of rotatable bonds is 29. The van der Waals surface area contributed by atoms with E-state index in [4.69, 9.17) is 19.9 Å². The fourth-order valence-corrected chi connectivity index (χ4v) is 5.50. The molecule has 0 amide bonds. The van der Waals surface area contributed by atoms with E-state index >= 15 is 0 Å².